The normalized spacial score (nSPS) is 20.6. The molecule has 1 heterocycles. The highest BCUT2D eigenvalue weighted by atomic mass is 19.1. The van der Waals surface area contributed by atoms with Gasteiger partial charge in [0.2, 0.25) is 0 Å². The molecule has 1 saturated carbocycles. The number of hydrogen-bond acceptors (Lipinski definition) is 5. The number of amides is 1. The molecule has 2 unspecified atom stereocenters. The largest absolute Gasteiger partial charge is 0.397 e. The molecule has 1 aliphatic carbocycles. The molecule has 166 valence electrons. The van der Waals surface area contributed by atoms with Gasteiger partial charge in [0.25, 0.3) is 5.91 Å². The third-order valence-corrected chi connectivity index (χ3v) is 5.47. The Balaban J connectivity index is 1.68. The second kappa shape index (κ2) is 10.1. The number of allylic oxidation sites excluding steroid dienone is 1. The van der Waals surface area contributed by atoms with Crippen molar-refractivity contribution in [3.8, 4) is 0 Å². The molecule has 1 fully saturated rings. The Morgan fingerprint density at radius 2 is 2.25 bits per heavy atom. The van der Waals surface area contributed by atoms with Crippen molar-refractivity contribution in [1.29, 1.82) is 5.41 Å². The molecular weight excluding hydrogens is 409 g/mol. The number of nitrogens with one attached hydrogen (secondary N) is 3. The molecule has 9 heteroatoms. The van der Waals surface area contributed by atoms with Crippen LogP contribution in [0.5, 0.6) is 0 Å². The van der Waals surface area contributed by atoms with Gasteiger partial charge in [-0.2, -0.15) is 5.43 Å². The summed E-state index contributed by atoms with van der Waals surface area (Å²) in [5.74, 6) is -0.262. The van der Waals surface area contributed by atoms with Crippen LogP contribution in [0.1, 0.15) is 35.0 Å². The molecule has 1 aromatic carbocycles. The zero-order valence-corrected chi connectivity index (χ0v) is 18.1. The van der Waals surface area contributed by atoms with E-state index in [-0.39, 0.29) is 11.4 Å². The highest BCUT2D eigenvalue weighted by Crippen LogP contribution is 2.42. The van der Waals surface area contributed by atoms with Gasteiger partial charge in [0.15, 0.2) is 18.4 Å². The molecule has 0 bridgehead atoms. The molecule has 8 nitrogen and oxygen atoms in total. The fourth-order valence-electron chi connectivity index (χ4n) is 3.41. The Kier molecular flexibility index (Phi) is 7.21. The molecular formula is C23H28FN7O+2. The summed E-state index contributed by atoms with van der Waals surface area (Å²) in [6.45, 7) is 4.56. The Morgan fingerprint density at radius 3 is 2.91 bits per heavy atom. The zero-order valence-electron chi connectivity index (χ0n) is 18.1. The van der Waals surface area contributed by atoms with Crippen LogP contribution in [0.4, 0.5) is 10.1 Å². The van der Waals surface area contributed by atoms with Crippen LogP contribution in [0.3, 0.4) is 0 Å². The van der Waals surface area contributed by atoms with Crippen LogP contribution in [-0.4, -0.2) is 41.6 Å². The van der Waals surface area contributed by atoms with E-state index in [9.17, 15) is 9.18 Å². The number of carbonyl (C=O) groups is 1. The number of quaternary nitrogens is 1. The lowest BCUT2D eigenvalue weighted by Gasteiger charge is -2.15. The maximum atomic E-state index is 13.1. The van der Waals surface area contributed by atoms with Crippen LogP contribution in [0, 0.1) is 24.1 Å². The average molecular weight is 438 g/mol. The second-order valence-corrected chi connectivity index (χ2v) is 7.93. The molecule has 1 aliphatic rings. The van der Waals surface area contributed by atoms with Crippen molar-refractivity contribution in [3.63, 3.8) is 0 Å². The summed E-state index contributed by atoms with van der Waals surface area (Å²) in [5, 5.41) is 14.2. The van der Waals surface area contributed by atoms with Crippen molar-refractivity contribution in [2.24, 2.45) is 16.8 Å². The number of nitrogens with zero attached hydrogens (tertiary/aromatic N) is 2. The Labute approximate surface area is 186 Å². The minimum atomic E-state index is -0.417. The van der Waals surface area contributed by atoms with Crippen LogP contribution in [0.15, 0.2) is 47.7 Å². The van der Waals surface area contributed by atoms with Crippen molar-refractivity contribution in [1.82, 2.24) is 10.3 Å². The summed E-state index contributed by atoms with van der Waals surface area (Å²) in [6, 6.07) is 8.42. The number of aromatic nitrogens is 1. The molecule has 3 rings (SSSR count). The molecule has 0 radical (unpaired) electrons. The van der Waals surface area contributed by atoms with Gasteiger partial charge in [0, 0.05) is 18.4 Å². The van der Waals surface area contributed by atoms with E-state index in [1.807, 2.05) is 25.1 Å². The molecule has 7 N–H and O–H groups in total. The molecule has 0 saturated heterocycles. The van der Waals surface area contributed by atoms with E-state index in [0.717, 1.165) is 24.4 Å². The SMILES string of the molecule is Cc1ccc([NH2+]N=CC=N)c(C(=O)NC2(C[NH+]=CC=C(N)c3ccc(F)cn3)CC2C)c1. The van der Waals surface area contributed by atoms with Crippen molar-refractivity contribution < 1.29 is 19.6 Å². The maximum absolute atomic E-state index is 13.1. The fraction of sp³-hybridized carbons (Fsp3) is 0.261. The van der Waals surface area contributed by atoms with Gasteiger partial charge >= 0.3 is 0 Å². The maximum Gasteiger partial charge on any atom is 0.258 e. The first kappa shape index (κ1) is 23.0. The highest BCUT2D eigenvalue weighted by Gasteiger charge is 2.54. The minimum absolute atomic E-state index is 0.165. The van der Waals surface area contributed by atoms with Crippen molar-refractivity contribution in [3.05, 3.63) is 65.2 Å². The van der Waals surface area contributed by atoms with Crippen LogP contribution >= 0.6 is 0 Å². The second-order valence-electron chi connectivity index (χ2n) is 7.93. The molecule has 0 spiro atoms. The molecule has 0 aliphatic heterocycles. The molecule has 32 heavy (non-hydrogen) atoms. The first-order valence-corrected chi connectivity index (χ1v) is 10.3. The van der Waals surface area contributed by atoms with E-state index < -0.39 is 5.82 Å². The van der Waals surface area contributed by atoms with Gasteiger partial charge in [-0.15, -0.1) is 0 Å². The molecule has 2 atom stereocenters. The first-order chi connectivity index (χ1) is 15.3. The van der Waals surface area contributed by atoms with E-state index in [0.29, 0.717) is 35.1 Å². The van der Waals surface area contributed by atoms with E-state index in [1.54, 1.807) is 17.7 Å². The number of rotatable bonds is 9. The molecule has 1 aromatic heterocycles. The van der Waals surface area contributed by atoms with Crippen molar-refractivity contribution >= 4 is 35.9 Å². The lowest BCUT2D eigenvalue weighted by atomic mass is 10.1. The summed E-state index contributed by atoms with van der Waals surface area (Å²) < 4.78 is 13.0. The Hall–Kier alpha value is -3.72. The Bertz CT molecular complexity index is 1080. The van der Waals surface area contributed by atoms with Gasteiger partial charge in [-0.05, 0) is 43.0 Å². The van der Waals surface area contributed by atoms with Crippen molar-refractivity contribution in [2.45, 2.75) is 25.8 Å². The number of hydrogen-bond donors (Lipinski definition) is 5. The van der Waals surface area contributed by atoms with Gasteiger partial charge in [-0.25, -0.2) is 9.38 Å². The summed E-state index contributed by atoms with van der Waals surface area (Å²) in [5.41, 5.74) is 10.3. The van der Waals surface area contributed by atoms with E-state index >= 15 is 0 Å². The summed E-state index contributed by atoms with van der Waals surface area (Å²) in [6.07, 6.45) is 7.78. The number of halogens is 1. The number of benzene rings is 1. The lowest BCUT2D eigenvalue weighted by molar-refractivity contribution is -0.577. The van der Waals surface area contributed by atoms with Crippen molar-refractivity contribution in [2.75, 3.05) is 6.54 Å². The zero-order chi connectivity index (χ0) is 23.1. The van der Waals surface area contributed by atoms with Crippen LogP contribution in [0.25, 0.3) is 5.70 Å². The lowest BCUT2D eigenvalue weighted by Crippen LogP contribution is -2.75. The van der Waals surface area contributed by atoms with E-state index in [2.05, 4.69) is 27.3 Å². The van der Waals surface area contributed by atoms with Crippen LogP contribution in [-0.2, 0) is 0 Å². The summed E-state index contributed by atoms with van der Waals surface area (Å²) in [4.78, 5) is 20.2. The van der Waals surface area contributed by atoms with Gasteiger partial charge in [-0.1, -0.05) is 18.1 Å². The summed E-state index contributed by atoms with van der Waals surface area (Å²) >= 11 is 0. The number of carbonyl (C=O) groups excluding carboxylic acids is 1. The predicted octanol–water partition coefficient (Wildman–Crippen LogP) is 0.0190. The molecule has 1 amide bonds. The smallest absolute Gasteiger partial charge is 0.258 e. The average Bonchev–Trinajstić information content (AvgIpc) is 3.41. The highest BCUT2D eigenvalue weighted by molar-refractivity contribution is 6.14. The van der Waals surface area contributed by atoms with Gasteiger partial charge < -0.3 is 16.5 Å². The first-order valence-electron chi connectivity index (χ1n) is 10.3. The quantitative estimate of drug-likeness (QED) is 0.164. The summed E-state index contributed by atoms with van der Waals surface area (Å²) in [7, 11) is 0. The van der Waals surface area contributed by atoms with Gasteiger partial charge in [0.05, 0.1) is 17.6 Å². The third-order valence-electron chi connectivity index (χ3n) is 5.47. The van der Waals surface area contributed by atoms with Crippen LogP contribution in [0.2, 0.25) is 0 Å². The minimum Gasteiger partial charge on any atom is -0.397 e. The number of aryl methyl sites for hydroxylation is 1. The van der Waals surface area contributed by atoms with Gasteiger partial charge in [-0.3, -0.25) is 9.78 Å². The van der Waals surface area contributed by atoms with Crippen LogP contribution < -0.4 is 21.5 Å². The van der Waals surface area contributed by atoms with E-state index in [4.69, 9.17) is 11.1 Å². The monoisotopic (exact) mass is 437 g/mol. The standard InChI is InChI=1S/C23H26FN7O/c1-15-3-5-20(31-29-10-8-25)18(11-15)22(32)30-23(12-16(23)2)14-27-9-7-19(26)21-6-4-17(24)13-28-21/h3-11,13,16,25,31H,12,14,26H2,1-2H3,(H,30,32)/p+2. The number of nitrogens with two attached hydrogens (primary N) is 2. The predicted molar refractivity (Wildman–Crippen MR) is 122 cm³/mol. The number of pyridine rings is 1. The fourth-order valence-corrected chi connectivity index (χ4v) is 3.41. The Morgan fingerprint density at radius 1 is 1.47 bits per heavy atom. The van der Waals surface area contributed by atoms with E-state index in [1.165, 1.54) is 18.3 Å². The third kappa shape index (κ3) is 5.70. The topological polar surface area (TPSA) is 135 Å². The molecule has 2 aromatic rings. The van der Waals surface area contributed by atoms with Gasteiger partial charge in [0.1, 0.15) is 23.1 Å².